The van der Waals surface area contributed by atoms with Crippen LogP contribution in [0.3, 0.4) is 0 Å². The van der Waals surface area contributed by atoms with Crippen LogP contribution in [0.4, 0.5) is 0 Å². The molecule has 19 heavy (non-hydrogen) atoms. The Morgan fingerprint density at radius 3 is 2.32 bits per heavy atom. The van der Waals surface area contributed by atoms with Gasteiger partial charge in [-0.2, -0.15) is 17.0 Å². The third-order valence-corrected chi connectivity index (χ3v) is 5.53. The van der Waals surface area contributed by atoms with Crippen LogP contribution >= 0.6 is 0 Å². The van der Waals surface area contributed by atoms with Gasteiger partial charge in [0, 0.05) is 26.7 Å². The van der Waals surface area contributed by atoms with Crippen LogP contribution in [0.1, 0.15) is 33.1 Å². The smallest absolute Gasteiger partial charge is 0.306 e. The van der Waals surface area contributed by atoms with E-state index in [-0.39, 0.29) is 0 Å². The highest BCUT2D eigenvalue weighted by Gasteiger charge is 2.33. The second-order valence-electron chi connectivity index (χ2n) is 5.52. The molecule has 1 fully saturated rings. The van der Waals surface area contributed by atoms with Crippen molar-refractivity contribution in [2.75, 3.05) is 26.7 Å². The SMILES string of the molecule is CC(C)CCN(C)S(=O)(=O)N1CCC(C(=O)O)CC1. The molecule has 1 N–H and O–H groups in total. The molecule has 112 valence electrons. The van der Waals surface area contributed by atoms with Gasteiger partial charge in [0.05, 0.1) is 5.92 Å². The van der Waals surface area contributed by atoms with Crippen LogP contribution in [0.2, 0.25) is 0 Å². The first kappa shape index (κ1) is 16.4. The van der Waals surface area contributed by atoms with Crippen molar-refractivity contribution in [3.63, 3.8) is 0 Å². The van der Waals surface area contributed by atoms with Gasteiger partial charge in [0.15, 0.2) is 0 Å². The highest BCUT2D eigenvalue weighted by Crippen LogP contribution is 2.21. The fraction of sp³-hybridized carbons (Fsp3) is 0.917. The van der Waals surface area contributed by atoms with Crippen LogP contribution in [-0.2, 0) is 15.0 Å². The molecule has 0 unspecified atom stereocenters. The maximum absolute atomic E-state index is 12.3. The van der Waals surface area contributed by atoms with Gasteiger partial charge in [-0.3, -0.25) is 4.79 Å². The summed E-state index contributed by atoms with van der Waals surface area (Å²) >= 11 is 0. The molecule has 0 saturated carbocycles. The van der Waals surface area contributed by atoms with Gasteiger partial charge in [0.1, 0.15) is 0 Å². The van der Waals surface area contributed by atoms with Crippen LogP contribution in [0.5, 0.6) is 0 Å². The highest BCUT2D eigenvalue weighted by molar-refractivity contribution is 7.86. The normalized spacial score (nSPS) is 19.2. The molecule has 0 aliphatic carbocycles. The highest BCUT2D eigenvalue weighted by atomic mass is 32.2. The summed E-state index contributed by atoms with van der Waals surface area (Å²) < 4.78 is 27.3. The minimum absolute atomic E-state index is 0.297. The summed E-state index contributed by atoms with van der Waals surface area (Å²) in [5.41, 5.74) is 0. The van der Waals surface area contributed by atoms with E-state index in [1.165, 1.54) is 8.61 Å². The second kappa shape index (κ2) is 6.67. The Kier molecular flexibility index (Phi) is 5.76. The fourth-order valence-corrected chi connectivity index (χ4v) is 3.49. The van der Waals surface area contributed by atoms with Crippen LogP contribution in [0, 0.1) is 11.8 Å². The molecule has 0 aromatic carbocycles. The molecule has 0 spiro atoms. The van der Waals surface area contributed by atoms with Gasteiger partial charge in [0.25, 0.3) is 10.2 Å². The first-order valence-electron chi connectivity index (χ1n) is 6.69. The molecule has 0 aromatic heterocycles. The summed E-state index contributed by atoms with van der Waals surface area (Å²) in [5, 5.41) is 8.90. The number of nitrogens with zero attached hydrogens (tertiary/aromatic N) is 2. The zero-order chi connectivity index (χ0) is 14.6. The van der Waals surface area contributed by atoms with Crippen LogP contribution in [-0.4, -0.2) is 54.8 Å². The molecule has 1 heterocycles. The molecule has 0 radical (unpaired) electrons. The van der Waals surface area contributed by atoms with Crippen molar-refractivity contribution in [2.45, 2.75) is 33.1 Å². The molecule has 6 nitrogen and oxygen atoms in total. The number of hydrogen-bond acceptors (Lipinski definition) is 3. The van der Waals surface area contributed by atoms with Gasteiger partial charge in [-0.1, -0.05) is 13.8 Å². The number of hydrogen-bond donors (Lipinski definition) is 1. The summed E-state index contributed by atoms with van der Waals surface area (Å²) in [6, 6.07) is 0. The third kappa shape index (κ3) is 4.43. The molecule has 0 amide bonds. The van der Waals surface area contributed by atoms with E-state index in [0.717, 1.165) is 6.42 Å². The predicted molar refractivity (Wildman–Crippen MR) is 72.9 cm³/mol. The zero-order valence-corrected chi connectivity index (χ0v) is 12.7. The van der Waals surface area contributed by atoms with E-state index in [2.05, 4.69) is 13.8 Å². The number of carboxylic acids is 1. The predicted octanol–water partition coefficient (Wildman–Crippen LogP) is 1.01. The van der Waals surface area contributed by atoms with E-state index in [4.69, 9.17) is 5.11 Å². The van der Waals surface area contributed by atoms with E-state index in [9.17, 15) is 13.2 Å². The Bertz CT molecular complexity index is 400. The molecular formula is C12H24N2O4S. The van der Waals surface area contributed by atoms with Crippen LogP contribution < -0.4 is 0 Å². The summed E-state index contributed by atoms with van der Waals surface area (Å²) in [6.07, 6.45) is 1.61. The summed E-state index contributed by atoms with van der Waals surface area (Å²) in [5.74, 6) is -0.784. The van der Waals surface area contributed by atoms with E-state index in [0.29, 0.717) is 38.4 Å². The van der Waals surface area contributed by atoms with Gasteiger partial charge < -0.3 is 5.11 Å². The van der Waals surface area contributed by atoms with Crippen molar-refractivity contribution in [1.29, 1.82) is 0 Å². The van der Waals surface area contributed by atoms with Gasteiger partial charge in [0.2, 0.25) is 0 Å². The maximum Gasteiger partial charge on any atom is 0.306 e. The van der Waals surface area contributed by atoms with Crippen LogP contribution in [0.15, 0.2) is 0 Å². The lowest BCUT2D eigenvalue weighted by atomic mass is 9.99. The topological polar surface area (TPSA) is 77.9 Å². The van der Waals surface area contributed by atoms with E-state index in [1.54, 1.807) is 7.05 Å². The third-order valence-electron chi connectivity index (χ3n) is 3.54. The molecule has 7 heteroatoms. The Morgan fingerprint density at radius 2 is 1.89 bits per heavy atom. The molecule has 1 aliphatic heterocycles. The molecule has 1 aliphatic rings. The van der Waals surface area contributed by atoms with Crippen molar-refractivity contribution in [2.24, 2.45) is 11.8 Å². The first-order chi connectivity index (χ1) is 8.75. The molecule has 0 aromatic rings. The van der Waals surface area contributed by atoms with Gasteiger partial charge in [-0.05, 0) is 25.2 Å². The molecule has 0 bridgehead atoms. The Hall–Kier alpha value is -0.660. The quantitative estimate of drug-likeness (QED) is 0.792. The number of aliphatic carboxylic acids is 1. The molecule has 1 rings (SSSR count). The average Bonchev–Trinajstić information content (AvgIpc) is 2.35. The van der Waals surface area contributed by atoms with Gasteiger partial charge in [-0.25, -0.2) is 0 Å². The lowest BCUT2D eigenvalue weighted by Crippen LogP contribution is -2.46. The number of carbonyl (C=O) groups is 1. The summed E-state index contributed by atoms with van der Waals surface area (Å²) in [7, 11) is -1.85. The van der Waals surface area contributed by atoms with E-state index < -0.39 is 22.1 Å². The summed E-state index contributed by atoms with van der Waals surface area (Å²) in [6.45, 7) is 5.20. The Labute approximate surface area is 115 Å². The fourth-order valence-electron chi connectivity index (χ4n) is 2.09. The van der Waals surface area contributed by atoms with E-state index in [1.807, 2.05) is 0 Å². The standard InChI is InChI=1S/C12H24N2O4S/c1-10(2)4-7-13(3)19(17,18)14-8-5-11(6-9-14)12(15)16/h10-11H,4-9H2,1-3H3,(H,15,16). The zero-order valence-electron chi connectivity index (χ0n) is 11.9. The average molecular weight is 292 g/mol. The molecular weight excluding hydrogens is 268 g/mol. The van der Waals surface area contributed by atoms with Crippen molar-refractivity contribution < 1.29 is 18.3 Å². The van der Waals surface area contributed by atoms with Crippen molar-refractivity contribution in [3.05, 3.63) is 0 Å². The van der Waals surface area contributed by atoms with Crippen molar-refractivity contribution >= 4 is 16.2 Å². The van der Waals surface area contributed by atoms with Gasteiger partial charge in [-0.15, -0.1) is 0 Å². The van der Waals surface area contributed by atoms with Crippen LogP contribution in [0.25, 0.3) is 0 Å². The van der Waals surface area contributed by atoms with Crippen molar-refractivity contribution in [3.8, 4) is 0 Å². The lowest BCUT2D eigenvalue weighted by molar-refractivity contribution is -0.142. The maximum atomic E-state index is 12.3. The van der Waals surface area contributed by atoms with Gasteiger partial charge >= 0.3 is 5.97 Å². The minimum atomic E-state index is -3.43. The second-order valence-corrected chi connectivity index (χ2v) is 7.56. The van der Waals surface area contributed by atoms with Crippen molar-refractivity contribution in [1.82, 2.24) is 8.61 Å². The first-order valence-corrected chi connectivity index (χ1v) is 8.09. The molecule has 1 saturated heterocycles. The Morgan fingerprint density at radius 1 is 1.37 bits per heavy atom. The number of piperidine rings is 1. The Balaban J connectivity index is 2.57. The monoisotopic (exact) mass is 292 g/mol. The molecule has 0 atom stereocenters. The van der Waals surface area contributed by atoms with E-state index >= 15 is 0 Å². The minimum Gasteiger partial charge on any atom is -0.481 e. The summed E-state index contributed by atoms with van der Waals surface area (Å²) in [4.78, 5) is 10.8. The number of rotatable bonds is 6. The largest absolute Gasteiger partial charge is 0.481 e. The number of carboxylic acid groups (broad SMARTS) is 1. The lowest BCUT2D eigenvalue weighted by Gasteiger charge is -2.32.